The van der Waals surface area contributed by atoms with Crippen molar-refractivity contribution >= 4 is 17.1 Å². The Hall–Kier alpha value is -2.80. The number of hydrogen-bond acceptors (Lipinski definition) is 5. The van der Waals surface area contributed by atoms with Crippen LogP contribution in [0.5, 0.6) is 0 Å². The largest absolute Gasteiger partial charge is 0.354 e. The lowest BCUT2D eigenvalue weighted by Gasteiger charge is -2.08. The third-order valence-electron chi connectivity index (χ3n) is 5.30. The van der Waals surface area contributed by atoms with Gasteiger partial charge in [0.15, 0.2) is 5.65 Å². The van der Waals surface area contributed by atoms with Gasteiger partial charge in [0.05, 0.1) is 18.7 Å². The van der Waals surface area contributed by atoms with Crippen LogP contribution in [0.2, 0.25) is 0 Å². The monoisotopic (exact) mass is 378 g/mol. The summed E-state index contributed by atoms with van der Waals surface area (Å²) in [5.74, 6) is 0.408. The number of likely N-dealkylation sites (tertiary alicyclic amines) is 1. The molecular formula is C21H26N6O. The van der Waals surface area contributed by atoms with Gasteiger partial charge >= 0.3 is 0 Å². The molecule has 1 aliphatic heterocycles. The zero-order valence-corrected chi connectivity index (χ0v) is 16.4. The van der Waals surface area contributed by atoms with Crippen molar-refractivity contribution in [1.82, 2.24) is 30.0 Å². The Labute approximate surface area is 164 Å². The van der Waals surface area contributed by atoms with Crippen molar-refractivity contribution in [3.8, 4) is 0 Å². The summed E-state index contributed by atoms with van der Waals surface area (Å²) in [6, 6.07) is 8.05. The van der Waals surface area contributed by atoms with Crippen molar-refractivity contribution in [1.29, 1.82) is 0 Å². The Morgan fingerprint density at radius 1 is 1.21 bits per heavy atom. The number of aryl methyl sites for hydroxylation is 1. The molecule has 4 rings (SSSR count). The van der Waals surface area contributed by atoms with E-state index in [1.54, 1.807) is 12.4 Å². The van der Waals surface area contributed by atoms with Gasteiger partial charge in [0.2, 0.25) is 5.91 Å². The molecule has 1 aliphatic rings. The van der Waals surface area contributed by atoms with Gasteiger partial charge in [-0.2, -0.15) is 5.10 Å². The van der Waals surface area contributed by atoms with Crippen LogP contribution >= 0.6 is 0 Å². The summed E-state index contributed by atoms with van der Waals surface area (Å²) in [6.07, 6.45) is 4.90. The van der Waals surface area contributed by atoms with Crippen molar-refractivity contribution < 1.29 is 4.79 Å². The molecule has 146 valence electrons. The zero-order valence-electron chi connectivity index (χ0n) is 16.4. The molecule has 0 saturated carbocycles. The quantitative estimate of drug-likeness (QED) is 0.709. The predicted octanol–water partition coefficient (Wildman–Crippen LogP) is 1.91. The molecule has 2 aromatic heterocycles. The molecule has 1 N–H and O–H groups in total. The maximum absolute atomic E-state index is 12.2. The van der Waals surface area contributed by atoms with Crippen molar-refractivity contribution in [3.05, 3.63) is 53.5 Å². The smallest absolute Gasteiger partial charge is 0.224 e. The number of carbonyl (C=O) groups is 1. The summed E-state index contributed by atoms with van der Waals surface area (Å²) in [5.41, 5.74) is 4.92. The summed E-state index contributed by atoms with van der Waals surface area (Å²) < 4.78 is 1.88. The van der Waals surface area contributed by atoms with Gasteiger partial charge in [0.25, 0.3) is 0 Å². The average molecular weight is 378 g/mol. The number of carbonyl (C=O) groups excluding carboxylic acids is 1. The molecule has 3 aromatic rings. The van der Waals surface area contributed by atoms with Gasteiger partial charge in [-0.3, -0.25) is 4.79 Å². The van der Waals surface area contributed by atoms with Crippen LogP contribution in [-0.2, 0) is 17.8 Å². The standard InChI is InChI=1S/C21H26N6O/c1-15-3-5-16(6-4-15)13-18(28)22-10-12-27-21-20(23-8-9-24-21)19(25-27)17-7-11-26(2)14-17/h3-6,8-9,17H,7,10-14H2,1-2H3,(H,22,28)/t17-/m0/s1. The van der Waals surface area contributed by atoms with Crippen LogP contribution in [-0.4, -0.2) is 57.2 Å². The van der Waals surface area contributed by atoms with E-state index in [2.05, 4.69) is 27.2 Å². The van der Waals surface area contributed by atoms with Gasteiger partial charge in [0.1, 0.15) is 5.52 Å². The maximum Gasteiger partial charge on any atom is 0.224 e. The Morgan fingerprint density at radius 3 is 2.75 bits per heavy atom. The van der Waals surface area contributed by atoms with Crippen LogP contribution in [0.3, 0.4) is 0 Å². The molecule has 0 aliphatic carbocycles. The third kappa shape index (κ3) is 4.04. The Morgan fingerprint density at radius 2 is 2.00 bits per heavy atom. The van der Waals surface area contributed by atoms with Crippen molar-refractivity contribution in [2.75, 3.05) is 26.7 Å². The molecule has 7 heteroatoms. The first-order chi connectivity index (χ1) is 13.6. The van der Waals surface area contributed by atoms with E-state index in [9.17, 15) is 4.79 Å². The summed E-state index contributed by atoms with van der Waals surface area (Å²) in [7, 11) is 2.13. The van der Waals surface area contributed by atoms with E-state index >= 15 is 0 Å². The van der Waals surface area contributed by atoms with Crippen LogP contribution < -0.4 is 5.32 Å². The van der Waals surface area contributed by atoms with E-state index in [0.717, 1.165) is 41.9 Å². The summed E-state index contributed by atoms with van der Waals surface area (Å²) in [5, 5.41) is 7.80. The second-order valence-electron chi connectivity index (χ2n) is 7.60. The lowest BCUT2D eigenvalue weighted by atomic mass is 10.0. The zero-order chi connectivity index (χ0) is 19.5. The molecule has 1 saturated heterocycles. The van der Waals surface area contributed by atoms with Gasteiger partial charge in [-0.1, -0.05) is 29.8 Å². The Kier molecular flexibility index (Phi) is 5.34. The molecule has 0 spiro atoms. The fourth-order valence-electron chi connectivity index (χ4n) is 3.77. The fraction of sp³-hybridized carbons (Fsp3) is 0.429. The van der Waals surface area contributed by atoms with E-state index in [1.807, 2.05) is 35.9 Å². The normalized spacial score (nSPS) is 17.3. The van der Waals surface area contributed by atoms with E-state index < -0.39 is 0 Å². The summed E-state index contributed by atoms with van der Waals surface area (Å²) in [6.45, 7) is 5.21. The number of nitrogens with one attached hydrogen (secondary N) is 1. The fourth-order valence-corrected chi connectivity index (χ4v) is 3.77. The first-order valence-electron chi connectivity index (χ1n) is 9.78. The maximum atomic E-state index is 12.2. The van der Waals surface area contributed by atoms with Crippen molar-refractivity contribution in [2.24, 2.45) is 0 Å². The Balaban J connectivity index is 1.40. The van der Waals surface area contributed by atoms with Gasteiger partial charge in [0, 0.05) is 31.4 Å². The van der Waals surface area contributed by atoms with E-state index in [-0.39, 0.29) is 5.91 Å². The summed E-state index contributed by atoms with van der Waals surface area (Å²) >= 11 is 0. The highest BCUT2D eigenvalue weighted by molar-refractivity contribution is 5.78. The molecule has 1 amide bonds. The topological polar surface area (TPSA) is 75.9 Å². The predicted molar refractivity (Wildman–Crippen MR) is 108 cm³/mol. The highest BCUT2D eigenvalue weighted by Gasteiger charge is 2.27. The SMILES string of the molecule is Cc1ccc(CC(=O)NCCn2nc([C@H]3CCN(C)C3)c3nccnc32)cc1. The molecule has 0 bridgehead atoms. The van der Waals surface area contributed by atoms with Crippen LogP contribution in [0, 0.1) is 6.92 Å². The molecule has 1 atom stereocenters. The molecular weight excluding hydrogens is 352 g/mol. The number of fused-ring (bicyclic) bond motifs is 1. The summed E-state index contributed by atoms with van der Waals surface area (Å²) in [4.78, 5) is 23.5. The molecule has 1 fully saturated rings. The van der Waals surface area contributed by atoms with E-state index in [0.29, 0.717) is 25.4 Å². The van der Waals surface area contributed by atoms with Crippen LogP contribution in [0.1, 0.15) is 29.2 Å². The van der Waals surface area contributed by atoms with Crippen molar-refractivity contribution in [2.45, 2.75) is 32.2 Å². The minimum absolute atomic E-state index is 0.0176. The minimum atomic E-state index is 0.0176. The van der Waals surface area contributed by atoms with Gasteiger partial charge in [-0.25, -0.2) is 14.6 Å². The Bertz CT molecular complexity index is 965. The minimum Gasteiger partial charge on any atom is -0.354 e. The highest BCUT2D eigenvalue weighted by Crippen LogP contribution is 2.29. The average Bonchev–Trinajstić information content (AvgIpc) is 3.28. The molecule has 1 aromatic carbocycles. The number of rotatable bonds is 6. The van der Waals surface area contributed by atoms with Crippen molar-refractivity contribution in [3.63, 3.8) is 0 Å². The second-order valence-corrected chi connectivity index (χ2v) is 7.60. The molecule has 7 nitrogen and oxygen atoms in total. The van der Waals surface area contributed by atoms with E-state index in [1.165, 1.54) is 5.56 Å². The van der Waals surface area contributed by atoms with Crippen LogP contribution in [0.15, 0.2) is 36.7 Å². The number of benzene rings is 1. The first-order valence-corrected chi connectivity index (χ1v) is 9.78. The van der Waals surface area contributed by atoms with Crippen LogP contribution in [0.4, 0.5) is 0 Å². The van der Waals surface area contributed by atoms with Gasteiger partial charge in [-0.05, 0) is 32.5 Å². The van der Waals surface area contributed by atoms with Gasteiger partial charge in [-0.15, -0.1) is 0 Å². The number of aromatic nitrogens is 4. The highest BCUT2D eigenvalue weighted by atomic mass is 16.1. The molecule has 3 heterocycles. The second kappa shape index (κ2) is 8.06. The van der Waals surface area contributed by atoms with Crippen LogP contribution in [0.25, 0.3) is 11.2 Å². The third-order valence-corrected chi connectivity index (χ3v) is 5.30. The number of nitrogens with zero attached hydrogens (tertiary/aromatic N) is 5. The number of hydrogen-bond donors (Lipinski definition) is 1. The lowest BCUT2D eigenvalue weighted by molar-refractivity contribution is -0.120. The number of likely N-dealkylation sites (N-methyl/N-ethyl adjacent to an activating group) is 1. The first kappa shape index (κ1) is 18.6. The van der Waals surface area contributed by atoms with E-state index in [4.69, 9.17) is 5.10 Å². The number of amides is 1. The molecule has 0 unspecified atom stereocenters. The molecule has 28 heavy (non-hydrogen) atoms. The lowest BCUT2D eigenvalue weighted by Crippen LogP contribution is -2.29. The molecule has 0 radical (unpaired) electrons. The van der Waals surface area contributed by atoms with Gasteiger partial charge < -0.3 is 10.2 Å².